The lowest BCUT2D eigenvalue weighted by Gasteiger charge is -2.13. The smallest absolute Gasteiger partial charge is 0.127 e. The van der Waals surface area contributed by atoms with Gasteiger partial charge in [0.1, 0.15) is 11.6 Å². The van der Waals surface area contributed by atoms with E-state index in [2.05, 4.69) is 0 Å². The summed E-state index contributed by atoms with van der Waals surface area (Å²) in [7, 11) is 0. The molecule has 0 aliphatic rings. The quantitative estimate of drug-likeness (QED) is 0.661. The third-order valence-electron chi connectivity index (χ3n) is 2.92. The zero-order chi connectivity index (χ0) is 14.0. The van der Waals surface area contributed by atoms with Crippen LogP contribution in [0, 0.1) is 18.6 Å². The molecule has 0 saturated carbocycles. The highest BCUT2D eigenvalue weighted by Crippen LogP contribution is 2.32. The molecule has 0 aromatic heterocycles. The molecule has 0 amide bonds. The van der Waals surface area contributed by atoms with Crippen LogP contribution < -0.4 is 0 Å². The van der Waals surface area contributed by atoms with Crippen molar-refractivity contribution >= 4 is 23.2 Å². The molecular formula is C15H12Cl2F2. The summed E-state index contributed by atoms with van der Waals surface area (Å²) in [6, 6.07) is 9.12. The molecule has 0 N–H and O–H groups in total. The zero-order valence-corrected chi connectivity index (χ0v) is 11.8. The maximum atomic E-state index is 13.3. The Bertz CT molecular complexity index is 597. The average molecular weight is 301 g/mol. The van der Waals surface area contributed by atoms with Crippen molar-refractivity contribution in [2.24, 2.45) is 0 Å². The summed E-state index contributed by atoms with van der Waals surface area (Å²) in [6.07, 6.45) is 0.435. The molecule has 0 bridgehead atoms. The first-order chi connectivity index (χ1) is 8.97. The van der Waals surface area contributed by atoms with Crippen LogP contribution in [0.1, 0.15) is 22.1 Å². The van der Waals surface area contributed by atoms with Crippen LogP contribution in [0.2, 0.25) is 5.02 Å². The van der Waals surface area contributed by atoms with Gasteiger partial charge in [0, 0.05) is 5.02 Å². The Hall–Kier alpha value is -1.12. The number of hydrogen-bond acceptors (Lipinski definition) is 0. The van der Waals surface area contributed by atoms with Gasteiger partial charge >= 0.3 is 0 Å². The Balaban J connectivity index is 2.25. The molecule has 1 atom stereocenters. The number of benzene rings is 2. The van der Waals surface area contributed by atoms with Gasteiger partial charge in [-0.1, -0.05) is 29.8 Å². The van der Waals surface area contributed by atoms with Crippen molar-refractivity contribution in [3.63, 3.8) is 0 Å². The summed E-state index contributed by atoms with van der Waals surface area (Å²) in [5.74, 6) is -0.661. The Morgan fingerprint density at radius 1 is 1.16 bits per heavy atom. The fraction of sp³-hybridized carbons (Fsp3) is 0.200. The molecule has 4 heteroatoms. The molecule has 100 valence electrons. The summed E-state index contributed by atoms with van der Waals surface area (Å²) in [4.78, 5) is 0. The maximum Gasteiger partial charge on any atom is 0.127 e. The van der Waals surface area contributed by atoms with Crippen molar-refractivity contribution in [1.29, 1.82) is 0 Å². The van der Waals surface area contributed by atoms with Crippen LogP contribution >= 0.6 is 23.2 Å². The number of halogens is 4. The average Bonchev–Trinajstić information content (AvgIpc) is 2.33. The number of rotatable bonds is 3. The first kappa shape index (κ1) is 14.3. The zero-order valence-electron chi connectivity index (χ0n) is 10.3. The summed E-state index contributed by atoms with van der Waals surface area (Å²) in [5, 5.41) is -0.131. The highest BCUT2D eigenvalue weighted by molar-refractivity contribution is 6.32. The number of aryl methyl sites for hydroxylation is 1. The van der Waals surface area contributed by atoms with Gasteiger partial charge in [-0.3, -0.25) is 0 Å². The van der Waals surface area contributed by atoms with Crippen LogP contribution in [0.15, 0.2) is 36.4 Å². The Morgan fingerprint density at radius 2 is 1.89 bits per heavy atom. The van der Waals surface area contributed by atoms with Gasteiger partial charge in [-0.15, -0.1) is 11.6 Å². The topological polar surface area (TPSA) is 0 Å². The van der Waals surface area contributed by atoms with E-state index in [1.54, 1.807) is 25.1 Å². The normalized spacial score (nSPS) is 12.5. The third-order valence-corrected chi connectivity index (χ3v) is 3.64. The Morgan fingerprint density at radius 3 is 2.58 bits per heavy atom. The molecule has 0 nitrogen and oxygen atoms in total. The lowest BCUT2D eigenvalue weighted by Crippen LogP contribution is -1.99. The minimum atomic E-state index is -0.423. The second kappa shape index (κ2) is 5.89. The minimum Gasteiger partial charge on any atom is -0.207 e. The van der Waals surface area contributed by atoms with Gasteiger partial charge in [-0.05, 0) is 48.2 Å². The van der Waals surface area contributed by atoms with E-state index in [9.17, 15) is 8.78 Å². The molecule has 0 spiro atoms. The van der Waals surface area contributed by atoms with Crippen molar-refractivity contribution < 1.29 is 8.78 Å². The Labute approximate surface area is 121 Å². The van der Waals surface area contributed by atoms with Gasteiger partial charge in [0.15, 0.2) is 0 Å². The van der Waals surface area contributed by atoms with E-state index >= 15 is 0 Å². The molecule has 2 rings (SSSR count). The summed E-state index contributed by atoms with van der Waals surface area (Å²) in [6.45, 7) is 1.65. The van der Waals surface area contributed by atoms with E-state index in [4.69, 9.17) is 23.2 Å². The first-order valence-corrected chi connectivity index (χ1v) is 6.63. The second-order valence-corrected chi connectivity index (χ2v) is 5.36. The molecule has 0 fully saturated rings. The number of alkyl halides is 1. The fourth-order valence-electron chi connectivity index (χ4n) is 1.90. The van der Waals surface area contributed by atoms with Gasteiger partial charge in [-0.2, -0.15) is 0 Å². The lowest BCUT2D eigenvalue weighted by atomic mass is 10.0. The highest BCUT2D eigenvalue weighted by atomic mass is 35.5. The summed E-state index contributed by atoms with van der Waals surface area (Å²) < 4.78 is 26.4. The predicted octanol–water partition coefficient (Wildman–Crippen LogP) is 5.45. The summed E-state index contributed by atoms with van der Waals surface area (Å²) >= 11 is 12.3. The van der Waals surface area contributed by atoms with Gasteiger partial charge in [0.2, 0.25) is 0 Å². The largest absolute Gasteiger partial charge is 0.207 e. The molecule has 0 heterocycles. The predicted molar refractivity (Wildman–Crippen MR) is 74.8 cm³/mol. The van der Waals surface area contributed by atoms with Crippen LogP contribution in [0.25, 0.3) is 0 Å². The standard InChI is InChI=1S/C15H12Cl2F2/c1-9-5-12(14(17)8-15(9)19)13(16)7-10-3-2-4-11(18)6-10/h2-6,8,13H,7H2,1H3. The first-order valence-electron chi connectivity index (χ1n) is 5.81. The van der Waals surface area contributed by atoms with E-state index in [-0.39, 0.29) is 11.6 Å². The van der Waals surface area contributed by atoms with Crippen LogP contribution in [0.4, 0.5) is 8.78 Å². The van der Waals surface area contributed by atoms with E-state index in [1.807, 2.05) is 0 Å². The third kappa shape index (κ3) is 3.46. The van der Waals surface area contributed by atoms with Gasteiger partial charge < -0.3 is 0 Å². The molecule has 19 heavy (non-hydrogen) atoms. The molecule has 0 saturated heterocycles. The van der Waals surface area contributed by atoms with Gasteiger partial charge in [0.25, 0.3) is 0 Å². The monoisotopic (exact) mass is 300 g/mol. The summed E-state index contributed by atoms with van der Waals surface area (Å²) in [5.41, 5.74) is 1.92. The van der Waals surface area contributed by atoms with Gasteiger partial charge in [-0.25, -0.2) is 8.78 Å². The van der Waals surface area contributed by atoms with Crippen molar-refractivity contribution in [3.8, 4) is 0 Å². The fourth-order valence-corrected chi connectivity index (χ4v) is 2.60. The van der Waals surface area contributed by atoms with E-state index < -0.39 is 5.38 Å². The molecule has 2 aromatic carbocycles. The van der Waals surface area contributed by atoms with Crippen LogP contribution in [-0.4, -0.2) is 0 Å². The maximum absolute atomic E-state index is 13.3. The van der Waals surface area contributed by atoms with Crippen LogP contribution in [-0.2, 0) is 6.42 Å². The number of hydrogen-bond donors (Lipinski definition) is 0. The van der Waals surface area contributed by atoms with Crippen molar-refractivity contribution in [2.75, 3.05) is 0 Å². The Kier molecular flexibility index (Phi) is 4.43. The minimum absolute atomic E-state index is 0.291. The van der Waals surface area contributed by atoms with Crippen molar-refractivity contribution in [3.05, 3.63) is 69.7 Å². The molecule has 2 aromatic rings. The molecular weight excluding hydrogens is 289 g/mol. The van der Waals surface area contributed by atoms with E-state index in [0.29, 0.717) is 22.6 Å². The molecule has 0 aliphatic heterocycles. The molecule has 1 unspecified atom stereocenters. The highest BCUT2D eigenvalue weighted by Gasteiger charge is 2.15. The van der Waals surface area contributed by atoms with Crippen LogP contribution in [0.5, 0.6) is 0 Å². The molecule has 0 aliphatic carbocycles. The van der Waals surface area contributed by atoms with E-state index in [0.717, 1.165) is 5.56 Å². The lowest BCUT2D eigenvalue weighted by molar-refractivity contribution is 0.617. The van der Waals surface area contributed by atoms with Gasteiger partial charge in [0.05, 0.1) is 5.38 Å². The van der Waals surface area contributed by atoms with Crippen molar-refractivity contribution in [1.82, 2.24) is 0 Å². The van der Waals surface area contributed by atoms with Crippen LogP contribution in [0.3, 0.4) is 0 Å². The molecule has 0 radical (unpaired) electrons. The SMILES string of the molecule is Cc1cc(C(Cl)Cc2cccc(F)c2)c(Cl)cc1F. The van der Waals surface area contributed by atoms with Crippen molar-refractivity contribution in [2.45, 2.75) is 18.7 Å². The second-order valence-electron chi connectivity index (χ2n) is 4.42. The van der Waals surface area contributed by atoms with E-state index in [1.165, 1.54) is 18.2 Å².